The van der Waals surface area contributed by atoms with Gasteiger partial charge in [-0.25, -0.2) is 9.37 Å². The van der Waals surface area contributed by atoms with E-state index in [9.17, 15) is 9.50 Å². The Kier molecular flexibility index (Phi) is 3.86. The molecule has 2 aliphatic heterocycles. The lowest BCUT2D eigenvalue weighted by molar-refractivity contribution is 0.00794. The average Bonchev–Trinajstić information content (AvgIpc) is 3.48. The Morgan fingerprint density at radius 3 is 2.97 bits per heavy atom. The number of rotatable bonds is 3. The first kappa shape index (κ1) is 17.8. The monoisotopic (exact) mass is 410 g/mol. The van der Waals surface area contributed by atoms with Gasteiger partial charge in [-0.1, -0.05) is 6.07 Å². The van der Waals surface area contributed by atoms with Crippen molar-refractivity contribution in [2.75, 3.05) is 13.2 Å². The van der Waals surface area contributed by atoms with E-state index in [1.165, 1.54) is 6.07 Å². The first-order valence-corrected chi connectivity index (χ1v) is 9.76. The number of pyridine rings is 1. The maximum atomic E-state index is 14.8. The van der Waals surface area contributed by atoms with Gasteiger partial charge >= 0.3 is 0 Å². The van der Waals surface area contributed by atoms with Gasteiger partial charge in [-0.2, -0.15) is 5.10 Å². The normalized spacial score (nSPS) is 26.0. The van der Waals surface area contributed by atoms with Crippen LogP contribution in [-0.4, -0.2) is 62.5 Å². The lowest BCUT2D eigenvalue weighted by atomic mass is 10.1. The second-order valence-corrected chi connectivity index (χ2v) is 7.75. The van der Waals surface area contributed by atoms with Crippen LogP contribution in [0.3, 0.4) is 0 Å². The Bertz CT molecular complexity index is 1270. The van der Waals surface area contributed by atoms with Gasteiger partial charge in [0.05, 0.1) is 36.0 Å². The van der Waals surface area contributed by atoms with Crippen molar-refractivity contribution in [1.29, 1.82) is 0 Å². The number of hydrogen-bond acceptors (Lipinski definition) is 6. The molecule has 5 heterocycles. The predicted molar refractivity (Wildman–Crippen MR) is 106 cm³/mol. The van der Waals surface area contributed by atoms with E-state index < -0.39 is 11.9 Å². The van der Waals surface area contributed by atoms with E-state index in [-0.39, 0.29) is 30.6 Å². The number of aromatic amines is 1. The fourth-order valence-electron chi connectivity index (χ4n) is 4.29. The molecular formula is C21H19FN4O4. The zero-order chi connectivity index (χ0) is 20.4. The van der Waals surface area contributed by atoms with Crippen molar-refractivity contribution in [2.24, 2.45) is 7.05 Å². The molecule has 2 saturated heterocycles. The molecule has 8 nitrogen and oxygen atoms in total. The van der Waals surface area contributed by atoms with Gasteiger partial charge in [-0.05, 0) is 12.1 Å². The molecule has 0 saturated carbocycles. The molecule has 4 aromatic rings. The van der Waals surface area contributed by atoms with Crippen LogP contribution < -0.4 is 4.74 Å². The Balaban J connectivity index is 1.32. The molecule has 0 bridgehead atoms. The van der Waals surface area contributed by atoms with Crippen molar-refractivity contribution in [2.45, 2.75) is 24.4 Å². The fourth-order valence-corrected chi connectivity index (χ4v) is 4.29. The van der Waals surface area contributed by atoms with Crippen LogP contribution in [-0.2, 0) is 16.5 Å². The van der Waals surface area contributed by atoms with Crippen molar-refractivity contribution in [3.8, 4) is 17.1 Å². The van der Waals surface area contributed by atoms with E-state index in [1.807, 2.05) is 25.2 Å². The fraction of sp³-hybridized carbons (Fsp3) is 0.333. The van der Waals surface area contributed by atoms with Crippen LogP contribution in [0.25, 0.3) is 33.2 Å². The van der Waals surface area contributed by atoms with Gasteiger partial charge < -0.3 is 24.3 Å². The molecule has 30 heavy (non-hydrogen) atoms. The summed E-state index contributed by atoms with van der Waals surface area (Å²) in [7, 11) is 1.86. The van der Waals surface area contributed by atoms with Gasteiger partial charge in [0.1, 0.15) is 24.0 Å². The Hall–Kier alpha value is -3.01. The van der Waals surface area contributed by atoms with E-state index >= 15 is 0 Å². The number of aliphatic hydroxyl groups is 1. The Labute approximate surface area is 170 Å². The maximum Gasteiger partial charge on any atom is 0.193 e. The van der Waals surface area contributed by atoms with E-state index in [1.54, 1.807) is 16.9 Å². The third kappa shape index (κ3) is 2.70. The number of aromatic nitrogens is 4. The van der Waals surface area contributed by atoms with E-state index in [0.717, 1.165) is 10.9 Å². The third-order valence-corrected chi connectivity index (χ3v) is 5.81. The molecule has 0 radical (unpaired) electrons. The van der Waals surface area contributed by atoms with Gasteiger partial charge in [-0.15, -0.1) is 0 Å². The summed E-state index contributed by atoms with van der Waals surface area (Å²) >= 11 is 0. The largest absolute Gasteiger partial charge is 0.470 e. The maximum absolute atomic E-state index is 14.8. The molecule has 1 aromatic carbocycles. The molecule has 0 amide bonds. The number of H-pyrrole nitrogens is 1. The molecule has 9 heteroatoms. The topological polar surface area (TPSA) is 94.4 Å². The predicted octanol–water partition coefficient (Wildman–Crippen LogP) is 2.16. The van der Waals surface area contributed by atoms with Crippen LogP contribution in [0.2, 0.25) is 0 Å². The SMILES string of the molecule is Cn1ncc2cc(-c3nc4cc(OC5COC6C(O)COC56)[nH]c4cc3F)ccc21. The first-order chi connectivity index (χ1) is 14.6. The standard InChI is InChI=1S/C21H19FN4O4/c1-26-15-3-2-10(4-11(15)7-23-26)19-12(22)5-13-14(25-19)6-18(24-13)30-17-9-29-20-16(27)8-28-21(17)20/h2-7,16-17,20-21,24,27H,8-9H2,1H3. The van der Waals surface area contributed by atoms with Crippen LogP contribution in [0, 0.1) is 5.82 Å². The summed E-state index contributed by atoms with van der Waals surface area (Å²) in [5.74, 6) is 0.0293. The number of halogens is 1. The summed E-state index contributed by atoms with van der Waals surface area (Å²) in [5.41, 5.74) is 3.05. The summed E-state index contributed by atoms with van der Waals surface area (Å²) in [4.78, 5) is 7.57. The van der Waals surface area contributed by atoms with Crippen LogP contribution in [0.1, 0.15) is 0 Å². The first-order valence-electron chi connectivity index (χ1n) is 9.76. The molecule has 0 spiro atoms. The highest BCUT2D eigenvalue weighted by atomic mass is 19.1. The minimum atomic E-state index is -0.637. The highest BCUT2D eigenvalue weighted by Gasteiger charge is 2.48. The van der Waals surface area contributed by atoms with Gasteiger partial charge in [0.25, 0.3) is 0 Å². The lowest BCUT2D eigenvalue weighted by Crippen LogP contribution is -2.34. The Morgan fingerprint density at radius 2 is 2.07 bits per heavy atom. The number of aryl methyl sites for hydroxylation is 1. The van der Waals surface area contributed by atoms with E-state index in [4.69, 9.17) is 14.2 Å². The number of hydrogen-bond donors (Lipinski definition) is 2. The van der Waals surface area contributed by atoms with Crippen LogP contribution in [0.15, 0.2) is 36.5 Å². The summed E-state index contributed by atoms with van der Waals surface area (Å²) in [5, 5.41) is 15.0. The summed E-state index contributed by atoms with van der Waals surface area (Å²) in [6, 6.07) is 8.77. The van der Waals surface area contributed by atoms with E-state index in [2.05, 4.69) is 15.1 Å². The average molecular weight is 410 g/mol. The number of nitrogens with zero attached hydrogens (tertiary/aromatic N) is 3. The second-order valence-electron chi connectivity index (χ2n) is 7.75. The van der Waals surface area contributed by atoms with Gasteiger partial charge in [0.15, 0.2) is 17.8 Å². The summed E-state index contributed by atoms with van der Waals surface area (Å²) in [6.45, 7) is 0.555. The van der Waals surface area contributed by atoms with Gasteiger partial charge in [0.2, 0.25) is 0 Å². The highest BCUT2D eigenvalue weighted by molar-refractivity contribution is 5.86. The Morgan fingerprint density at radius 1 is 1.20 bits per heavy atom. The van der Waals surface area contributed by atoms with Gasteiger partial charge in [0, 0.05) is 30.1 Å². The number of fused-ring (bicyclic) bond motifs is 3. The molecule has 4 atom stereocenters. The number of benzene rings is 1. The number of aliphatic hydroxyl groups excluding tert-OH is 1. The number of nitrogens with one attached hydrogen (secondary N) is 1. The van der Waals surface area contributed by atoms with Crippen molar-refractivity contribution < 1.29 is 23.7 Å². The zero-order valence-electron chi connectivity index (χ0n) is 16.1. The molecule has 2 aliphatic rings. The van der Waals surface area contributed by atoms with Crippen LogP contribution in [0.4, 0.5) is 4.39 Å². The molecule has 0 aliphatic carbocycles. The third-order valence-electron chi connectivity index (χ3n) is 5.81. The van der Waals surface area contributed by atoms with Crippen molar-refractivity contribution in [1.82, 2.24) is 19.7 Å². The quantitative estimate of drug-likeness (QED) is 0.538. The minimum Gasteiger partial charge on any atom is -0.470 e. The molecule has 6 rings (SSSR count). The lowest BCUT2D eigenvalue weighted by Gasteiger charge is -2.16. The summed E-state index contributed by atoms with van der Waals surface area (Å²) in [6.07, 6.45) is 0.0670. The van der Waals surface area contributed by atoms with Crippen molar-refractivity contribution in [3.05, 3.63) is 42.3 Å². The summed E-state index contributed by atoms with van der Waals surface area (Å²) < 4.78 is 33.7. The van der Waals surface area contributed by atoms with Crippen LogP contribution in [0.5, 0.6) is 5.88 Å². The van der Waals surface area contributed by atoms with E-state index in [0.29, 0.717) is 29.1 Å². The zero-order valence-corrected chi connectivity index (χ0v) is 16.1. The molecule has 2 fully saturated rings. The number of ether oxygens (including phenoxy) is 3. The van der Waals surface area contributed by atoms with Crippen LogP contribution >= 0.6 is 0 Å². The van der Waals surface area contributed by atoms with Crippen molar-refractivity contribution in [3.63, 3.8) is 0 Å². The second kappa shape index (κ2) is 6.49. The smallest absolute Gasteiger partial charge is 0.193 e. The molecule has 4 unspecified atom stereocenters. The highest BCUT2D eigenvalue weighted by Crippen LogP contribution is 2.32. The minimum absolute atomic E-state index is 0.235. The molecule has 2 N–H and O–H groups in total. The molecule has 3 aromatic heterocycles. The molecular weight excluding hydrogens is 391 g/mol. The van der Waals surface area contributed by atoms with Gasteiger partial charge in [-0.3, -0.25) is 4.68 Å². The van der Waals surface area contributed by atoms with Crippen molar-refractivity contribution >= 4 is 21.9 Å². The molecule has 154 valence electrons.